The molecule has 10 heteroatoms. The Balaban J connectivity index is 1.67. The van der Waals surface area contributed by atoms with Crippen LogP contribution in [0.15, 0.2) is 42.5 Å². The zero-order valence-corrected chi connectivity index (χ0v) is 16.0. The molecule has 0 saturated carbocycles. The Bertz CT molecular complexity index is 1090. The van der Waals surface area contributed by atoms with E-state index in [-0.39, 0.29) is 22.1 Å². The Morgan fingerprint density at radius 2 is 2.00 bits per heavy atom. The lowest BCUT2D eigenvalue weighted by Crippen LogP contribution is -2.21. The van der Waals surface area contributed by atoms with Gasteiger partial charge in [0.1, 0.15) is 17.1 Å². The zero-order valence-electron chi connectivity index (χ0n) is 15.2. The minimum absolute atomic E-state index is 0.0210. The molecule has 0 aliphatic carbocycles. The van der Waals surface area contributed by atoms with Crippen LogP contribution in [0.2, 0.25) is 5.02 Å². The predicted octanol–water partition coefficient (Wildman–Crippen LogP) is 3.92. The number of rotatable bonds is 7. The number of H-pyrrole nitrogens is 1. The zero-order chi connectivity index (χ0) is 21.0. The molecule has 0 fully saturated rings. The second kappa shape index (κ2) is 8.61. The van der Waals surface area contributed by atoms with Gasteiger partial charge >= 0.3 is 5.97 Å². The number of anilines is 1. The van der Waals surface area contributed by atoms with Crippen molar-refractivity contribution in [3.8, 4) is 5.75 Å². The standard InChI is InChI=1S/C19H16ClN3O6/c1-2-28-11-7-8-14(15(9-11)23(26)27)21-16(24)10-29-19(25)18-17(20)12-5-3-4-6-13(12)22-18/h3-9,22H,2,10H2,1H3,(H,21,24). The van der Waals surface area contributed by atoms with Crippen LogP contribution >= 0.6 is 11.6 Å². The van der Waals surface area contributed by atoms with Crippen LogP contribution in [-0.4, -0.2) is 35.0 Å². The fourth-order valence-corrected chi connectivity index (χ4v) is 2.95. The molecular weight excluding hydrogens is 402 g/mol. The highest BCUT2D eigenvalue weighted by Gasteiger charge is 2.21. The van der Waals surface area contributed by atoms with Crippen LogP contribution in [-0.2, 0) is 9.53 Å². The third-order valence-electron chi connectivity index (χ3n) is 3.93. The van der Waals surface area contributed by atoms with Crippen molar-refractivity contribution < 1.29 is 24.0 Å². The molecular formula is C19H16ClN3O6. The quantitative estimate of drug-likeness (QED) is 0.341. The van der Waals surface area contributed by atoms with Gasteiger partial charge in [-0.05, 0) is 25.1 Å². The number of aromatic amines is 1. The lowest BCUT2D eigenvalue weighted by Gasteiger charge is -2.09. The topological polar surface area (TPSA) is 124 Å². The van der Waals surface area contributed by atoms with Crippen LogP contribution in [0.1, 0.15) is 17.4 Å². The van der Waals surface area contributed by atoms with Crippen LogP contribution in [0.25, 0.3) is 10.9 Å². The van der Waals surface area contributed by atoms with E-state index < -0.39 is 23.4 Å². The molecule has 0 radical (unpaired) electrons. The average Bonchev–Trinajstić information content (AvgIpc) is 3.04. The third kappa shape index (κ3) is 4.46. The maximum Gasteiger partial charge on any atom is 0.356 e. The van der Waals surface area contributed by atoms with Gasteiger partial charge in [0.25, 0.3) is 11.6 Å². The summed E-state index contributed by atoms with van der Waals surface area (Å²) >= 11 is 6.17. The number of amides is 1. The maximum atomic E-state index is 12.2. The number of carbonyl (C=O) groups excluding carboxylic acids is 2. The Kier molecular flexibility index (Phi) is 5.99. The predicted molar refractivity (Wildman–Crippen MR) is 106 cm³/mol. The molecule has 3 rings (SSSR count). The summed E-state index contributed by atoms with van der Waals surface area (Å²) < 4.78 is 10.2. The van der Waals surface area contributed by atoms with E-state index in [1.165, 1.54) is 18.2 Å². The fourth-order valence-electron chi connectivity index (χ4n) is 2.66. The number of nitro benzene ring substituents is 1. The van der Waals surface area contributed by atoms with Gasteiger partial charge in [0.15, 0.2) is 6.61 Å². The number of aromatic nitrogens is 1. The van der Waals surface area contributed by atoms with E-state index in [2.05, 4.69) is 10.3 Å². The Labute approximate surface area is 169 Å². The Hall–Kier alpha value is -3.59. The number of fused-ring (bicyclic) bond motifs is 1. The van der Waals surface area contributed by atoms with Gasteiger partial charge in [0.2, 0.25) is 0 Å². The number of benzene rings is 2. The molecule has 0 aliphatic heterocycles. The van der Waals surface area contributed by atoms with Crippen LogP contribution in [0.3, 0.4) is 0 Å². The van der Waals surface area contributed by atoms with Crippen molar-refractivity contribution in [1.82, 2.24) is 4.98 Å². The first-order chi connectivity index (χ1) is 13.9. The summed E-state index contributed by atoms with van der Waals surface area (Å²) in [6, 6.07) is 11.1. The van der Waals surface area contributed by atoms with Crippen LogP contribution < -0.4 is 10.1 Å². The van der Waals surface area contributed by atoms with E-state index in [4.69, 9.17) is 21.1 Å². The highest BCUT2D eigenvalue weighted by molar-refractivity contribution is 6.38. The number of halogens is 1. The van der Waals surface area contributed by atoms with Gasteiger partial charge < -0.3 is 19.8 Å². The number of nitro groups is 1. The van der Waals surface area contributed by atoms with Crippen molar-refractivity contribution >= 4 is 45.8 Å². The van der Waals surface area contributed by atoms with Crippen LogP contribution in [0.5, 0.6) is 5.75 Å². The molecule has 1 heterocycles. The normalized spacial score (nSPS) is 10.6. The number of hydrogen-bond donors (Lipinski definition) is 2. The van der Waals surface area contributed by atoms with Crippen molar-refractivity contribution in [2.45, 2.75) is 6.92 Å². The maximum absolute atomic E-state index is 12.2. The Morgan fingerprint density at radius 1 is 1.24 bits per heavy atom. The number of nitrogens with zero attached hydrogens (tertiary/aromatic N) is 1. The summed E-state index contributed by atoms with van der Waals surface area (Å²) in [6.45, 7) is 1.44. The summed E-state index contributed by atoms with van der Waals surface area (Å²) in [7, 11) is 0. The summed E-state index contributed by atoms with van der Waals surface area (Å²) in [5.41, 5.74) is 0.295. The number of ether oxygens (including phenoxy) is 2. The van der Waals surface area contributed by atoms with E-state index in [0.29, 0.717) is 23.3 Å². The summed E-state index contributed by atoms with van der Waals surface area (Å²) in [5.74, 6) is -1.25. The second-order valence-electron chi connectivity index (χ2n) is 5.85. The highest BCUT2D eigenvalue weighted by Crippen LogP contribution is 2.29. The Morgan fingerprint density at radius 3 is 2.69 bits per heavy atom. The largest absolute Gasteiger partial charge is 0.494 e. The number of esters is 1. The van der Waals surface area contributed by atoms with Gasteiger partial charge in [-0.15, -0.1) is 0 Å². The molecule has 0 saturated heterocycles. The SMILES string of the molecule is CCOc1ccc(NC(=O)COC(=O)c2[nH]c3ccccc3c2Cl)c([N+](=O)[O-])c1. The summed E-state index contributed by atoms with van der Waals surface area (Å²) in [5, 5.41) is 14.4. The molecule has 29 heavy (non-hydrogen) atoms. The lowest BCUT2D eigenvalue weighted by atomic mass is 10.2. The average molecular weight is 418 g/mol. The van der Waals surface area contributed by atoms with Crippen LogP contribution in [0, 0.1) is 10.1 Å². The van der Waals surface area contributed by atoms with Gasteiger partial charge in [-0.2, -0.15) is 0 Å². The minimum atomic E-state index is -0.817. The molecule has 0 unspecified atom stereocenters. The molecule has 150 valence electrons. The first kappa shape index (κ1) is 20.2. The molecule has 0 spiro atoms. The number of carbonyl (C=O) groups is 2. The van der Waals surface area contributed by atoms with E-state index in [9.17, 15) is 19.7 Å². The van der Waals surface area contributed by atoms with Gasteiger partial charge in [0, 0.05) is 10.9 Å². The second-order valence-corrected chi connectivity index (χ2v) is 6.23. The van der Waals surface area contributed by atoms with Crippen molar-refractivity contribution in [2.75, 3.05) is 18.5 Å². The number of nitrogens with one attached hydrogen (secondary N) is 2. The number of para-hydroxylation sites is 1. The molecule has 1 aromatic heterocycles. The van der Waals surface area contributed by atoms with Crippen molar-refractivity contribution in [3.05, 3.63) is 63.3 Å². The molecule has 1 amide bonds. The van der Waals surface area contributed by atoms with Gasteiger partial charge in [-0.1, -0.05) is 29.8 Å². The summed E-state index contributed by atoms with van der Waals surface area (Å²) in [4.78, 5) is 37.8. The molecule has 0 aliphatic rings. The molecule has 2 N–H and O–H groups in total. The van der Waals surface area contributed by atoms with Crippen LogP contribution in [0.4, 0.5) is 11.4 Å². The third-order valence-corrected chi connectivity index (χ3v) is 4.32. The molecule has 3 aromatic rings. The van der Waals surface area contributed by atoms with E-state index in [1.54, 1.807) is 31.2 Å². The van der Waals surface area contributed by atoms with Crippen molar-refractivity contribution in [3.63, 3.8) is 0 Å². The molecule has 9 nitrogen and oxygen atoms in total. The molecule has 0 atom stereocenters. The first-order valence-electron chi connectivity index (χ1n) is 8.55. The van der Waals surface area contributed by atoms with Gasteiger partial charge in [0.05, 0.1) is 22.6 Å². The van der Waals surface area contributed by atoms with Crippen molar-refractivity contribution in [2.24, 2.45) is 0 Å². The van der Waals surface area contributed by atoms with E-state index in [0.717, 1.165) is 0 Å². The van der Waals surface area contributed by atoms with E-state index in [1.807, 2.05) is 0 Å². The monoisotopic (exact) mass is 417 g/mol. The highest BCUT2D eigenvalue weighted by atomic mass is 35.5. The lowest BCUT2D eigenvalue weighted by molar-refractivity contribution is -0.384. The number of hydrogen-bond acceptors (Lipinski definition) is 6. The van der Waals surface area contributed by atoms with Gasteiger partial charge in [-0.3, -0.25) is 14.9 Å². The van der Waals surface area contributed by atoms with E-state index >= 15 is 0 Å². The fraction of sp³-hybridized carbons (Fsp3) is 0.158. The summed E-state index contributed by atoms with van der Waals surface area (Å²) in [6.07, 6.45) is 0. The van der Waals surface area contributed by atoms with Gasteiger partial charge in [-0.25, -0.2) is 4.79 Å². The minimum Gasteiger partial charge on any atom is -0.494 e. The van der Waals surface area contributed by atoms with Crippen molar-refractivity contribution in [1.29, 1.82) is 0 Å². The smallest absolute Gasteiger partial charge is 0.356 e. The molecule has 0 bridgehead atoms. The first-order valence-corrected chi connectivity index (χ1v) is 8.93. The molecule has 2 aromatic carbocycles.